The molecule has 1 aliphatic rings. The molecule has 1 saturated heterocycles. The highest BCUT2D eigenvalue weighted by Gasteiger charge is 2.44. The first-order valence-corrected chi connectivity index (χ1v) is 27.2. The molecular formula is C57H99NO10. The number of hydrogen-bond donors (Lipinski definition) is 6. The Morgan fingerprint density at radius 3 is 1.60 bits per heavy atom. The fraction of sp³-hybridized carbons (Fsp3) is 0.754. The van der Waals surface area contributed by atoms with Crippen LogP contribution in [-0.4, -0.2) is 100 Å². The Labute approximate surface area is 413 Å². The number of nitrogens with one attached hydrogen (secondary N) is 1. The molecule has 1 amide bonds. The molecule has 6 N–H and O–H groups in total. The minimum atomic E-state index is -1.59. The van der Waals surface area contributed by atoms with Crippen molar-refractivity contribution in [3.05, 3.63) is 72.9 Å². The van der Waals surface area contributed by atoms with E-state index in [1.54, 1.807) is 6.08 Å². The van der Waals surface area contributed by atoms with Crippen molar-refractivity contribution >= 4 is 11.9 Å². The summed E-state index contributed by atoms with van der Waals surface area (Å²) in [6, 6.07) is -0.872. The van der Waals surface area contributed by atoms with E-state index in [0.29, 0.717) is 25.9 Å². The number of aliphatic hydroxyl groups excluding tert-OH is 5. The molecule has 1 heterocycles. The average Bonchev–Trinajstić information content (AvgIpc) is 3.33. The number of carbonyl (C=O) groups excluding carboxylic acids is 2. The van der Waals surface area contributed by atoms with Gasteiger partial charge in [0.25, 0.3) is 0 Å². The molecule has 1 aliphatic heterocycles. The highest BCUT2D eigenvalue weighted by molar-refractivity contribution is 5.76. The molecule has 11 nitrogen and oxygen atoms in total. The minimum absolute atomic E-state index is 0.0494. The van der Waals surface area contributed by atoms with E-state index in [2.05, 4.69) is 67.8 Å². The van der Waals surface area contributed by atoms with Crippen LogP contribution in [0.25, 0.3) is 0 Å². The van der Waals surface area contributed by atoms with Crippen molar-refractivity contribution in [3.8, 4) is 0 Å². The van der Waals surface area contributed by atoms with Crippen LogP contribution < -0.4 is 5.32 Å². The Hall–Kier alpha value is -2.90. The third kappa shape index (κ3) is 36.1. The maximum Gasteiger partial charge on any atom is 0.305 e. The monoisotopic (exact) mass is 958 g/mol. The van der Waals surface area contributed by atoms with Crippen molar-refractivity contribution in [1.82, 2.24) is 5.32 Å². The summed E-state index contributed by atoms with van der Waals surface area (Å²) >= 11 is 0. The van der Waals surface area contributed by atoms with E-state index in [1.807, 2.05) is 18.2 Å². The molecule has 0 aliphatic carbocycles. The van der Waals surface area contributed by atoms with Crippen molar-refractivity contribution in [3.63, 3.8) is 0 Å². The van der Waals surface area contributed by atoms with Gasteiger partial charge in [0.15, 0.2) is 6.29 Å². The Balaban J connectivity index is 2.14. The van der Waals surface area contributed by atoms with Gasteiger partial charge in [-0.25, -0.2) is 0 Å². The molecule has 7 unspecified atom stereocenters. The Bertz CT molecular complexity index is 1360. The van der Waals surface area contributed by atoms with Crippen molar-refractivity contribution in [1.29, 1.82) is 0 Å². The highest BCUT2D eigenvalue weighted by Crippen LogP contribution is 2.22. The summed E-state index contributed by atoms with van der Waals surface area (Å²) < 4.78 is 16.6. The van der Waals surface area contributed by atoms with Gasteiger partial charge in [-0.2, -0.15) is 0 Å². The second kappa shape index (κ2) is 46.5. The molecular weight excluding hydrogens is 859 g/mol. The average molecular weight is 958 g/mol. The summed E-state index contributed by atoms with van der Waals surface area (Å²) in [4.78, 5) is 25.0. The number of unbranched alkanes of at least 4 members (excludes halogenated alkanes) is 21. The lowest BCUT2D eigenvalue weighted by Crippen LogP contribution is -2.60. The Morgan fingerprint density at radius 2 is 1.01 bits per heavy atom. The van der Waals surface area contributed by atoms with Crippen LogP contribution in [0.2, 0.25) is 0 Å². The first-order valence-electron chi connectivity index (χ1n) is 27.2. The lowest BCUT2D eigenvalue weighted by atomic mass is 9.99. The molecule has 0 aromatic heterocycles. The van der Waals surface area contributed by atoms with E-state index in [9.17, 15) is 35.1 Å². The molecule has 1 fully saturated rings. The Kier molecular flexibility index (Phi) is 43.1. The molecule has 7 atom stereocenters. The second-order valence-electron chi connectivity index (χ2n) is 18.6. The van der Waals surface area contributed by atoms with Crippen molar-refractivity contribution in [2.75, 3.05) is 19.8 Å². The van der Waals surface area contributed by atoms with Gasteiger partial charge in [-0.3, -0.25) is 9.59 Å². The van der Waals surface area contributed by atoms with Gasteiger partial charge >= 0.3 is 5.97 Å². The molecule has 0 spiro atoms. The van der Waals surface area contributed by atoms with Gasteiger partial charge in [-0.1, -0.05) is 177 Å². The van der Waals surface area contributed by atoms with Crippen molar-refractivity contribution < 1.29 is 49.3 Å². The summed E-state index contributed by atoms with van der Waals surface area (Å²) in [5, 5.41) is 54.0. The van der Waals surface area contributed by atoms with Gasteiger partial charge in [0.05, 0.1) is 32.0 Å². The zero-order valence-electron chi connectivity index (χ0n) is 42.8. The molecule has 0 saturated carbocycles. The first kappa shape index (κ1) is 63.1. The van der Waals surface area contributed by atoms with Crippen LogP contribution in [0.1, 0.15) is 213 Å². The number of esters is 1. The molecule has 0 aromatic carbocycles. The van der Waals surface area contributed by atoms with Crippen molar-refractivity contribution in [2.24, 2.45) is 0 Å². The van der Waals surface area contributed by atoms with E-state index >= 15 is 0 Å². The van der Waals surface area contributed by atoms with Gasteiger partial charge in [0, 0.05) is 12.8 Å². The fourth-order valence-electron chi connectivity index (χ4n) is 7.88. The van der Waals surface area contributed by atoms with Crippen LogP contribution in [0.4, 0.5) is 0 Å². The van der Waals surface area contributed by atoms with Crippen LogP contribution in [0.3, 0.4) is 0 Å². The molecule has 0 radical (unpaired) electrons. The molecule has 68 heavy (non-hydrogen) atoms. The number of hydrogen-bond acceptors (Lipinski definition) is 10. The third-order valence-corrected chi connectivity index (χ3v) is 12.3. The smallest absolute Gasteiger partial charge is 0.305 e. The summed E-state index contributed by atoms with van der Waals surface area (Å²) in [6.07, 6.45) is 50.2. The molecule has 11 heteroatoms. The maximum absolute atomic E-state index is 12.9. The number of rotatable bonds is 45. The molecule has 392 valence electrons. The maximum atomic E-state index is 12.9. The first-order chi connectivity index (χ1) is 33.2. The highest BCUT2D eigenvalue weighted by atomic mass is 16.7. The SMILES string of the molecule is CCCCC/C=C/CC/C=C/C(O)C(COC1OC(CO)C(O)C(O)C1O)NC(=O)CC/C=C\C/C=C\CCCCCCCCOC(=O)CCCCCCCCC/C=C\C/C=C\CCCCCC. The van der Waals surface area contributed by atoms with E-state index < -0.39 is 49.5 Å². The van der Waals surface area contributed by atoms with Gasteiger partial charge < -0.3 is 45.1 Å². The number of ether oxygens (including phenoxy) is 3. The number of aliphatic hydroxyl groups is 5. The standard InChI is InChI=1S/C57H99NO10/c1-3-5-7-9-11-13-14-15-16-17-18-19-22-25-29-33-37-41-45-53(62)66-46-42-38-34-30-26-23-20-21-24-28-32-36-40-44-52(61)58-49(50(60)43-39-35-31-27-12-10-8-6-4-2)48-67-57-56(65)55(64)54(63)51(47-59)68-57/h12-14,16-17,21,24,27,32,36,39,43,49-51,54-57,59-60,63-65H,3-11,15,18-20,22-23,25-26,28-31,33-35,37-38,40-42,44-48H2,1-2H3,(H,58,61)/b14-13-,17-16-,24-21-,27-12+,36-32-,43-39+. The molecule has 0 bridgehead atoms. The topological polar surface area (TPSA) is 175 Å². The minimum Gasteiger partial charge on any atom is -0.466 e. The van der Waals surface area contributed by atoms with Gasteiger partial charge in [0.1, 0.15) is 24.4 Å². The third-order valence-electron chi connectivity index (χ3n) is 12.3. The lowest BCUT2D eigenvalue weighted by Gasteiger charge is -2.40. The van der Waals surface area contributed by atoms with Crippen LogP contribution in [0.5, 0.6) is 0 Å². The predicted molar refractivity (Wildman–Crippen MR) is 278 cm³/mol. The van der Waals surface area contributed by atoms with Gasteiger partial charge in [0.2, 0.25) is 5.91 Å². The van der Waals surface area contributed by atoms with E-state index in [4.69, 9.17) is 14.2 Å². The van der Waals surface area contributed by atoms with Crippen LogP contribution in [-0.2, 0) is 23.8 Å². The van der Waals surface area contributed by atoms with E-state index in [0.717, 1.165) is 70.6 Å². The van der Waals surface area contributed by atoms with Crippen LogP contribution in [0, 0.1) is 0 Å². The second-order valence-corrected chi connectivity index (χ2v) is 18.6. The van der Waals surface area contributed by atoms with Crippen LogP contribution >= 0.6 is 0 Å². The van der Waals surface area contributed by atoms with Crippen LogP contribution in [0.15, 0.2) is 72.9 Å². The summed E-state index contributed by atoms with van der Waals surface area (Å²) in [5.41, 5.74) is 0. The van der Waals surface area contributed by atoms with E-state index in [1.165, 1.54) is 103 Å². The number of allylic oxidation sites excluding steroid dienone is 11. The molecule has 1 rings (SSSR count). The summed E-state index contributed by atoms with van der Waals surface area (Å²) in [7, 11) is 0. The summed E-state index contributed by atoms with van der Waals surface area (Å²) in [6.45, 7) is 4.14. The van der Waals surface area contributed by atoms with Gasteiger partial charge in [-0.05, 0) is 96.3 Å². The fourth-order valence-corrected chi connectivity index (χ4v) is 7.88. The molecule has 0 aromatic rings. The quantitative estimate of drug-likeness (QED) is 0.0196. The zero-order chi connectivity index (χ0) is 49.6. The normalized spacial score (nSPS) is 20.0. The number of carbonyl (C=O) groups is 2. The lowest BCUT2D eigenvalue weighted by molar-refractivity contribution is -0.302. The Morgan fingerprint density at radius 1 is 0.544 bits per heavy atom. The number of amides is 1. The van der Waals surface area contributed by atoms with Crippen molar-refractivity contribution in [2.45, 2.75) is 256 Å². The van der Waals surface area contributed by atoms with E-state index in [-0.39, 0.29) is 24.9 Å². The van der Waals surface area contributed by atoms with Gasteiger partial charge in [-0.15, -0.1) is 0 Å². The zero-order valence-corrected chi connectivity index (χ0v) is 42.8. The predicted octanol–water partition coefficient (Wildman–Crippen LogP) is 11.7. The summed E-state index contributed by atoms with van der Waals surface area (Å²) in [5.74, 6) is -0.327. The largest absolute Gasteiger partial charge is 0.466 e.